The number of para-hydroxylation sites is 2. The molecule has 0 aliphatic rings. The Labute approximate surface area is 203 Å². The summed E-state index contributed by atoms with van der Waals surface area (Å²) in [5.74, 6) is 0.317. The number of fused-ring (bicyclic) bond motifs is 1. The van der Waals surface area contributed by atoms with Crippen molar-refractivity contribution < 1.29 is 19.4 Å². The fourth-order valence-electron chi connectivity index (χ4n) is 3.87. The quantitative estimate of drug-likeness (QED) is 0.262. The van der Waals surface area contributed by atoms with Gasteiger partial charge in [0.25, 0.3) is 0 Å². The van der Waals surface area contributed by atoms with Crippen LogP contribution >= 0.6 is 11.6 Å². The molecule has 7 heteroatoms. The molecule has 34 heavy (non-hydrogen) atoms. The zero-order chi connectivity index (χ0) is 23.9. The Hall–Kier alpha value is -3.48. The number of carboxylic acid groups (broad SMARTS) is 1. The second-order valence-corrected chi connectivity index (χ2v) is 8.36. The summed E-state index contributed by atoms with van der Waals surface area (Å²) in [6.45, 7) is 3.06. The zero-order valence-electron chi connectivity index (χ0n) is 18.9. The van der Waals surface area contributed by atoms with Crippen LogP contribution < -0.4 is 14.8 Å². The number of carboxylic acids is 1. The number of halogens is 1. The van der Waals surface area contributed by atoms with Crippen molar-refractivity contribution in [2.45, 2.75) is 32.5 Å². The molecule has 0 fully saturated rings. The van der Waals surface area contributed by atoms with E-state index >= 15 is 0 Å². The molecule has 1 heterocycles. The summed E-state index contributed by atoms with van der Waals surface area (Å²) in [5.41, 5.74) is 3.74. The van der Waals surface area contributed by atoms with Gasteiger partial charge in [0.2, 0.25) is 0 Å². The van der Waals surface area contributed by atoms with Crippen molar-refractivity contribution >= 4 is 28.5 Å². The Bertz CT molecular complexity index is 1250. The minimum Gasteiger partial charge on any atom is -0.490 e. The standard InChI is InChI=1S/C27H27ClN2O4/c1-2-33-25-9-5-6-19(26(25)34-17-18-10-12-21(28)13-11-18)15-30-24(27(31)32)14-20-16-29-23-8-4-3-7-22(20)23/h3-13,16,24,29-30H,2,14-15,17H2,1H3,(H,31,32)/t24-/m0/s1. The molecular formula is C27H27ClN2O4. The van der Waals surface area contributed by atoms with Gasteiger partial charge in [-0.2, -0.15) is 0 Å². The largest absolute Gasteiger partial charge is 0.490 e. The minimum atomic E-state index is -0.908. The molecule has 0 amide bonds. The van der Waals surface area contributed by atoms with Crippen molar-refractivity contribution in [3.63, 3.8) is 0 Å². The molecule has 4 rings (SSSR count). The van der Waals surface area contributed by atoms with E-state index in [1.54, 1.807) is 0 Å². The molecule has 0 unspecified atom stereocenters. The Morgan fingerprint density at radius 3 is 2.59 bits per heavy atom. The van der Waals surface area contributed by atoms with Gasteiger partial charge in [-0.1, -0.05) is 54.1 Å². The van der Waals surface area contributed by atoms with Crippen LogP contribution in [0, 0.1) is 0 Å². The number of aliphatic carboxylic acids is 1. The monoisotopic (exact) mass is 478 g/mol. The lowest BCUT2D eigenvalue weighted by molar-refractivity contribution is -0.139. The zero-order valence-corrected chi connectivity index (χ0v) is 19.6. The molecule has 1 aromatic heterocycles. The highest BCUT2D eigenvalue weighted by atomic mass is 35.5. The maximum absolute atomic E-state index is 12.0. The van der Waals surface area contributed by atoms with Crippen LogP contribution in [0.15, 0.2) is 72.9 Å². The Morgan fingerprint density at radius 1 is 1.03 bits per heavy atom. The van der Waals surface area contributed by atoms with E-state index in [2.05, 4.69) is 10.3 Å². The first kappa shape index (κ1) is 23.7. The van der Waals surface area contributed by atoms with Crippen LogP contribution in [0.4, 0.5) is 0 Å². The average molecular weight is 479 g/mol. The molecule has 4 aromatic rings. The number of rotatable bonds is 11. The van der Waals surface area contributed by atoms with E-state index < -0.39 is 12.0 Å². The third-order valence-electron chi connectivity index (χ3n) is 5.59. The van der Waals surface area contributed by atoms with Gasteiger partial charge in [0.15, 0.2) is 11.5 Å². The molecule has 3 N–H and O–H groups in total. The number of aromatic nitrogens is 1. The molecule has 3 aromatic carbocycles. The van der Waals surface area contributed by atoms with Gasteiger partial charge in [0.05, 0.1) is 6.61 Å². The predicted molar refractivity (Wildman–Crippen MR) is 134 cm³/mol. The molecule has 0 radical (unpaired) electrons. The maximum Gasteiger partial charge on any atom is 0.321 e. The van der Waals surface area contributed by atoms with Crippen molar-refractivity contribution in [3.05, 3.63) is 94.6 Å². The van der Waals surface area contributed by atoms with Gasteiger partial charge in [-0.05, 0) is 42.3 Å². The van der Waals surface area contributed by atoms with Crippen LogP contribution in [0.3, 0.4) is 0 Å². The molecule has 6 nitrogen and oxygen atoms in total. The van der Waals surface area contributed by atoms with Crippen LogP contribution in [0.2, 0.25) is 5.02 Å². The lowest BCUT2D eigenvalue weighted by atomic mass is 10.0. The molecule has 0 spiro atoms. The third-order valence-corrected chi connectivity index (χ3v) is 5.84. The fourth-order valence-corrected chi connectivity index (χ4v) is 4.00. The van der Waals surface area contributed by atoms with Gasteiger partial charge in [0, 0.05) is 40.7 Å². The van der Waals surface area contributed by atoms with Crippen LogP contribution in [0.5, 0.6) is 11.5 Å². The number of hydrogen-bond acceptors (Lipinski definition) is 4. The fraction of sp³-hybridized carbons (Fsp3) is 0.222. The second-order valence-electron chi connectivity index (χ2n) is 7.93. The number of H-pyrrole nitrogens is 1. The van der Waals surface area contributed by atoms with Gasteiger partial charge in [-0.3, -0.25) is 10.1 Å². The smallest absolute Gasteiger partial charge is 0.321 e. The summed E-state index contributed by atoms with van der Waals surface area (Å²) in [6.07, 6.45) is 2.23. The lowest BCUT2D eigenvalue weighted by Crippen LogP contribution is -2.38. The van der Waals surface area contributed by atoms with E-state index in [0.29, 0.717) is 42.7 Å². The number of nitrogens with one attached hydrogen (secondary N) is 2. The van der Waals surface area contributed by atoms with Gasteiger partial charge < -0.3 is 19.6 Å². The molecule has 0 bridgehead atoms. The van der Waals surface area contributed by atoms with E-state index in [-0.39, 0.29) is 0 Å². The van der Waals surface area contributed by atoms with Crippen molar-refractivity contribution in [1.82, 2.24) is 10.3 Å². The Kier molecular flexibility index (Phi) is 7.72. The Morgan fingerprint density at radius 2 is 1.82 bits per heavy atom. The normalized spacial score (nSPS) is 11.9. The molecule has 1 atom stereocenters. The summed E-state index contributed by atoms with van der Waals surface area (Å²) in [5, 5.41) is 14.7. The summed E-state index contributed by atoms with van der Waals surface area (Å²) >= 11 is 5.98. The highest BCUT2D eigenvalue weighted by Crippen LogP contribution is 2.32. The number of carbonyl (C=O) groups is 1. The predicted octanol–water partition coefficient (Wildman–Crippen LogP) is 5.58. The van der Waals surface area contributed by atoms with Gasteiger partial charge in [-0.15, -0.1) is 0 Å². The third kappa shape index (κ3) is 5.71. The molecular weight excluding hydrogens is 452 g/mol. The topological polar surface area (TPSA) is 83.6 Å². The van der Waals surface area contributed by atoms with Crippen molar-refractivity contribution in [2.75, 3.05) is 6.61 Å². The molecule has 0 aliphatic carbocycles. The van der Waals surface area contributed by atoms with Crippen LogP contribution in [0.25, 0.3) is 10.9 Å². The van der Waals surface area contributed by atoms with Crippen molar-refractivity contribution in [2.24, 2.45) is 0 Å². The van der Waals surface area contributed by atoms with E-state index in [1.165, 1.54) is 0 Å². The van der Waals surface area contributed by atoms with Crippen LogP contribution in [-0.2, 0) is 24.4 Å². The summed E-state index contributed by atoms with van der Waals surface area (Å²) in [4.78, 5) is 15.2. The summed E-state index contributed by atoms with van der Waals surface area (Å²) < 4.78 is 11.9. The summed E-state index contributed by atoms with van der Waals surface area (Å²) in [6, 6.07) is 20.2. The molecule has 0 aliphatic heterocycles. The number of aromatic amines is 1. The second kappa shape index (κ2) is 11.1. The van der Waals surface area contributed by atoms with Crippen LogP contribution in [-0.4, -0.2) is 28.7 Å². The van der Waals surface area contributed by atoms with Gasteiger partial charge in [-0.25, -0.2) is 0 Å². The van der Waals surface area contributed by atoms with E-state index in [0.717, 1.165) is 27.6 Å². The van der Waals surface area contributed by atoms with E-state index in [4.69, 9.17) is 21.1 Å². The van der Waals surface area contributed by atoms with Gasteiger partial charge in [0.1, 0.15) is 12.6 Å². The molecule has 0 saturated carbocycles. The number of benzene rings is 3. The Balaban J connectivity index is 1.51. The van der Waals surface area contributed by atoms with Crippen molar-refractivity contribution in [3.8, 4) is 11.5 Å². The van der Waals surface area contributed by atoms with E-state index in [9.17, 15) is 9.90 Å². The number of hydrogen-bond donors (Lipinski definition) is 3. The first-order valence-electron chi connectivity index (χ1n) is 11.2. The van der Waals surface area contributed by atoms with Gasteiger partial charge >= 0.3 is 5.97 Å². The van der Waals surface area contributed by atoms with Crippen molar-refractivity contribution in [1.29, 1.82) is 0 Å². The molecule has 176 valence electrons. The lowest BCUT2D eigenvalue weighted by Gasteiger charge is -2.19. The highest BCUT2D eigenvalue weighted by Gasteiger charge is 2.21. The summed E-state index contributed by atoms with van der Waals surface area (Å²) in [7, 11) is 0. The first-order chi connectivity index (χ1) is 16.5. The SMILES string of the molecule is CCOc1cccc(CN[C@@H](Cc2c[nH]c3ccccc23)C(=O)O)c1OCc1ccc(Cl)cc1. The van der Waals surface area contributed by atoms with E-state index in [1.807, 2.05) is 79.9 Å². The molecule has 0 saturated heterocycles. The van der Waals surface area contributed by atoms with Crippen LogP contribution in [0.1, 0.15) is 23.6 Å². The first-order valence-corrected chi connectivity index (χ1v) is 11.6. The number of ether oxygens (including phenoxy) is 2. The average Bonchev–Trinajstić information content (AvgIpc) is 3.25. The maximum atomic E-state index is 12.0. The minimum absolute atomic E-state index is 0.316. The highest BCUT2D eigenvalue weighted by molar-refractivity contribution is 6.30.